The van der Waals surface area contributed by atoms with Crippen molar-refractivity contribution in [2.75, 3.05) is 6.54 Å². The summed E-state index contributed by atoms with van der Waals surface area (Å²) < 4.78 is 37.0. The van der Waals surface area contributed by atoms with E-state index in [9.17, 15) is 18.0 Å². The van der Waals surface area contributed by atoms with E-state index in [4.69, 9.17) is 0 Å². The Morgan fingerprint density at radius 3 is 2.70 bits per heavy atom. The first kappa shape index (κ1) is 19.1. The molecular weight excluding hydrogens is 355 g/mol. The number of hydrogen-bond acceptors (Lipinski definition) is 4. The van der Waals surface area contributed by atoms with E-state index in [1.165, 1.54) is 6.20 Å². The topological polar surface area (TPSA) is 54.4 Å². The third-order valence-electron chi connectivity index (χ3n) is 4.45. The van der Waals surface area contributed by atoms with Gasteiger partial charge in [0.05, 0.1) is 6.54 Å². The maximum Gasteiger partial charge on any atom is 0.405 e. The molecule has 142 valence electrons. The molecule has 0 saturated carbocycles. The summed E-state index contributed by atoms with van der Waals surface area (Å²) in [6.45, 7) is 1.17. The Kier molecular flexibility index (Phi) is 5.58. The maximum absolute atomic E-state index is 12.4. The van der Waals surface area contributed by atoms with Crippen LogP contribution in [0.15, 0.2) is 47.6 Å². The second kappa shape index (κ2) is 7.90. The quantitative estimate of drug-likeness (QED) is 0.836. The van der Waals surface area contributed by atoms with Crippen LogP contribution in [0.1, 0.15) is 41.6 Å². The third kappa shape index (κ3) is 5.15. The van der Waals surface area contributed by atoms with Gasteiger partial charge in [-0.2, -0.15) is 13.2 Å². The van der Waals surface area contributed by atoms with Crippen molar-refractivity contribution < 1.29 is 18.0 Å². The van der Waals surface area contributed by atoms with Gasteiger partial charge >= 0.3 is 6.18 Å². The second-order valence-corrected chi connectivity index (χ2v) is 6.70. The zero-order chi connectivity index (χ0) is 19.4. The monoisotopic (exact) mass is 375 g/mol. The molecule has 0 amide bonds. The van der Waals surface area contributed by atoms with Gasteiger partial charge in [0.25, 0.3) is 0 Å². The molecule has 1 aromatic carbocycles. The Labute approximate surface area is 155 Å². The van der Waals surface area contributed by atoms with Crippen LogP contribution in [-0.2, 0) is 17.8 Å². The molecule has 1 aromatic heterocycles. The lowest BCUT2D eigenvalue weighted by Gasteiger charge is -2.12. The van der Waals surface area contributed by atoms with Crippen LogP contribution >= 0.6 is 0 Å². The number of aliphatic imine (C=N–C) groups is 1. The lowest BCUT2D eigenvalue weighted by molar-refractivity contribution is -0.122. The molecule has 0 bridgehead atoms. The van der Waals surface area contributed by atoms with E-state index in [0.29, 0.717) is 24.2 Å². The van der Waals surface area contributed by atoms with Crippen LogP contribution in [0, 0.1) is 0 Å². The van der Waals surface area contributed by atoms with Gasteiger partial charge in [-0.15, -0.1) is 0 Å². The van der Waals surface area contributed by atoms with Gasteiger partial charge in [0.1, 0.15) is 18.2 Å². The van der Waals surface area contributed by atoms with Gasteiger partial charge in [-0.05, 0) is 23.1 Å². The molecule has 0 saturated heterocycles. The van der Waals surface area contributed by atoms with Crippen LogP contribution in [0.4, 0.5) is 13.2 Å². The van der Waals surface area contributed by atoms with Gasteiger partial charge in [-0.1, -0.05) is 37.3 Å². The van der Waals surface area contributed by atoms with Crippen LogP contribution in [0.2, 0.25) is 0 Å². The van der Waals surface area contributed by atoms with E-state index in [2.05, 4.69) is 15.3 Å². The van der Waals surface area contributed by atoms with Crippen molar-refractivity contribution in [1.82, 2.24) is 10.3 Å². The van der Waals surface area contributed by atoms with Crippen LogP contribution in [-0.4, -0.2) is 29.3 Å². The van der Waals surface area contributed by atoms with Crippen molar-refractivity contribution in [2.24, 2.45) is 4.99 Å². The fourth-order valence-corrected chi connectivity index (χ4v) is 3.09. The summed E-state index contributed by atoms with van der Waals surface area (Å²) in [5.41, 5.74) is 3.08. The van der Waals surface area contributed by atoms with Crippen molar-refractivity contribution in [3.05, 3.63) is 65.0 Å². The second-order valence-electron chi connectivity index (χ2n) is 6.70. The molecule has 3 rings (SSSR count). The molecule has 27 heavy (non-hydrogen) atoms. The average Bonchev–Trinajstić information content (AvgIpc) is 3.02. The summed E-state index contributed by atoms with van der Waals surface area (Å²) in [5.74, 6) is 0.396. The smallest absolute Gasteiger partial charge is 0.361 e. The van der Waals surface area contributed by atoms with Crippen molar-refractivity contribution in [3.8, 4) is 0 Å². The number of carbonyl (C=O) groups is 1. The molecule has 0 spiro atoms. The molecule has 0 radical (unpaired) electrons. The van der Waals surface area contributed by atoms with Crippen molar-refractivity contribution in [1.29, 1.82) is 0 Å². The first-order valence-corrected chi connectivity index (χ1v) is 8.72. The molecule has 1 aliphatic rings. The molecule has 2 aromatic rings. The Morgan fingerprint density at radius 1 is 1.26 bits per heavy atom. The number of halogens is 3. The highest BCUT2D eigenvalue weighted by Crippen LogP contribution is 2.22. The van der Waals surface area contributed by atoms with Gasteiger partial charge in [0.15, 0.2) is 0 Å². The Morgan fingerprint density at radius 2 is 2.00 bits per heavy atom. The van der Waals surface area contributed by atoms with Crippen LogP contribution in [0.3, 0.4) is 0 Å². The number of nitrogens with zero attached hydrogens (tertiary/aromatic N) is 2. The van der Waals surface area contributed by atoms with E-state index in [1.54, 1.807) is 6.07 Å². The molecule has 7 heteroatoms. The van der Waals surface area contributed by atoms with E-state index < -0.39 is 12.7 Å². The molecule has 1 aliphatic heterocycles. The largest absolute Gasteiger partial charge is 0.405 e. The van der Waals surface area contributed by atoms with Gasteiger partial charge in [-0.3, -0.25) is 14.8 Å². The molecule has 4 nitrogen and oxygen atoms in total. The average molecular weight is 375 g/mol. The summed E-state index contributed by atoms with van der Waals surface area (Å²) >= 11 is 0. The number of ketones is 1. The molecule has 0 aliphatic carbocycles. The number of benzene rings is 1. The number of amidine groups is 1. The van der Waals surface area contributed by atoms with Gasteiger partial charge < -0.3 is 5.32 Å². The summed E-state index contributed by atoms with van der Waals surface area (Å²) in [6.07, 6.45) is -2.19. The molecule has 2 heterocycles. The highest BCUT2D eigenvalue weighted by atomic mass is 19.4. The van der Waals surface area contributed by atoms with Crippen LogP contribution < -0.4 is 5.32 Å². The number of fused-ring (bicyclic) bond motifs is 1. The summed E-state index contributed by atoms with van der Waals surface area (Å²) in [6, 6.07) is 11.6. The number of alkyl halides is 3. The molecule has 1 N–H and O–H groups in total. The van der Waals surface area contributed by atoms with Crippen LogP contribution in [0.5, 0.6) is 0 Å². The minimum atomic E-state index is -4.31. The molecule has 1 atom stereocenters. The lowest BCUT2D eigenvalue weighted by Crippen LogP contribution is -2.33. The summed E-state index contributed by atoms with van der Waals surface area (Å²) in [7, 11) is 0. The van der Waals surface area contributed by atoms with Gasteiger partial charge in [0, 0.05) is 30.3 Å². The van der Waals surface area contributed by atoms with E-state index in [1.807, 2.05) is 37.3 Å². The maximum atomic E-state index is 12.4. The van der Waals surface area contributed by atoms with Gasteiger partial charge in [-0.25, -0.2) is 0 Å². The predicted molar refractivity (Wildman–Crippen MR) is 96.7 cm³/mol. The highest BCUT2D eigenvalue weighted by Gasteiger charge is 2.28. The fraction of sp³-hybridized carbons (Fsp3) is 0.350. The van der Waals surface area contributed by atoms with Crippen molar-refractivity contribution >= 4 is 11.6 Å². The molecule has 0 fully saturated rings. The van der Waals surface area contributed by atoms with Crippen LogP contribution in [0.25, 0.3) is 0 Å². The molecular formula is C20H20F3N3O. The SMILES string of the molecule is C[C@@H](CC(=O)Cc1cc2c(cn1)C(NCC(F)(F)F)=NC2)c1ccccc1. The first-order chi connectivity index (χ1) is 12.8. The normalized spacial score (nSPS) is 14.4. The number of rotatable bonds is 6. The zero-order valence-electron chi connectivity index (χ0n) is 14.9. The number of Topliss-reactive ketones (excluding diaryl/α,β-unsaturated/α-hetero) is 1. The van der Waals surface area contributed by atoms with E-state index in [0.717, 1.165) is 11.1 Å². The summed E-state index contributed by atoms with van der Waals surface area (Å²) in [4.78, 5) is 20.7. The number of nitrogens with one attached hydrogen (secondary N) is 1. The third-order valence-corrected chi connectivity index (χ3v) is 4.45. The number of aromatic nitrogens is 1. The Hall–Kier alpha value is -2.70. The first-order valence-electron chi connectivity index (χ1n) is 8.72. The summed E-state index contributed by atoms with van der Waals surface area (Å²) in [5, 5.41) is 2.30. The predicted octanol–water partition coefficient (Wildman–Crippen LogP) is 3.80. The fourth-order valence-electron chi connectivity index (χ4n) is 3.09. The number of hydrogen-bond donors (Lipinski definition) is 1. The van der Waals surface area contributed by atoms with E-state index >= 15 is 0 Å². The lowest BCUT2D eigenvalue weighted by atomic mass is 9.94. The van der Waals surface area contributed by atoms with Crippen molar-refractivity contribution in [2.45, 2.75) is 38.4 Å². The standard InChI is InChI=1S/C20H20F3N3O/c1-13(14-5-3-2-4-6-14)7-17(27)9-16-8-15-10-25-19(18(15)11-24-16)26-12-20(21,22)23/h2-6,8,11,13H,7,9-10,12H2,1H3,(H,25,26)/t13-/m0/s1. The molecule has 0 unspecified atom stereocenters. The van der Waals surface area contributed by atoms with E-state index in [-0.39, 0.29) is 24.0 Å². The number of carbonyl (C=O) groups excluding carboxylic acids is 1. The van der Waals surface area contributed by atoms with Crippen molar-refractivity contribution in [3.63, 3.8) is 0 Å². The Bertz CT molecular complexity index is 847. The number of pyridine rings is 1. The minimum Gasteiger partial charge on any atom is -0.361 e. The zero-order valence-corrected chi connectivity index (χ0v) is 14.9. The highest BCUT2D eigenvalue weighted by molar-refractivity contribution is 6.01. The van der Waals surface area contributed by atoms with Gasteiger partial charge in [0.2, 0.25) is 0 Å². The Balaban J connectivity index is 1.59. The minimum absolute atomic E-state index is 0.0770.